The van der Waals surface area contributed by atoms with Gasteiger partial charge >= 0.3 is 0 Å². The van der Waals surface area contributed by atoms with E-state index in [9.17, 15) is 4.39 Å². The van der Waals surface area contributed by atoms with Crippen LogP contribution in [0.2, 0.25) is 5.02 Å². The molecule has 0 atom stereocenters. The Balaban J connectivity index is 2.58. The predicted molar refractivity (Wildman–Crippen MR) is 61.6 cm³/mol. The average Bonchev–Trinajstić information content (AvgIpc) is 2.20. The average molecular weight is 221 g/mol. The zero-order valence-electron chi connectivity index (χ0n) is 8.30. The Hall–Kier alpha value is -1.34. The second-order valence-electron chi connectivity index (χ2n) is 3.46. The first-order valence-electron chi connectivity index (χ1n) is 4.69. The van der Waals surface area contributed by atoms with E-state index in [2.05, 4.69) is 0 Å². The molecular weight excluding hydrogens is 211 g/mol. The van der Waals surface area contributed by atoms with Crippen LogP contribution in [-0.2, 0) is 0 Å². The fourth-order valence-corrected chi connectivity index (χ4v) is 1.77. The fourth-order valence-electron chi connectivity index (χ4n) is 1.49. The van der Waals surface area contributed by atoms with Crippen LogP contribution in [0.15, 0.2) is 42.5 Å². The van der Waals surface area contributed by atoms with E-state index in [1.54, 1.807) is 12.1 Å². The van der Waals surface area contributed by atoms with Gasteiger partial charge in [-0.25, -0.2) is 4.39 Å². The molecule has 2 rings (SSSR count). The summed E-state index contributed by atoms with van der Waals surface area (Å²) in [6, 6.07) is 12.4. The molecule has 0 spiro atoms. The smallest absolute Gasteiger partial charge is 0.132 e. The maximum absolute atomic E-state index is 13.6. The van der Waals surface area contributed by atoms with Gasteiger partial charge in [-0.3, -0.25) is 0 Å². The van der Waals surface area contributed by atoms with E-state index in [-0.39, 0.29) is 5.82 Å². The van der Waals surface area contributed by atoms with Crippen molar-refractivity contribution in [3.63, 3.8) is 0 Å². The molecule has 0 amide bonds. The molecule has 0 radical (unpaired) electrons. The maximum Gasteiger partial charge on any atom is 0.132 e. The zero-order chi connectivity index (χ0) is 10.8. The van der Waals surface area contributed by atoms with Gasteiger partial charge in [-0.2, -0.15) is 0 Å². The lowest BCUT2D eigenvalue weighted by molar-refractivity contribution is 0.631. The first kappa shape index (κ1) is 10.2. The minimum Gasteiger partial charge on any atom is -0.206 e. The number of hydrogen-bond acceptors (Lipinski definition) is 0. The maximum atomic E-state index is 13.6. The number of hydrogen-bond donors (Lipinski definition) is 0. The summed E-state index contributed by atoms with van der Waals surface area (Å²) in [5.41, 5.74) is 2.43. The SMILES string of the molecule is Cc1ccc(-c2c(F)cccc2Cl)cc1. The van der Waals surface area contributed by atoms with Crippen LogP contribution in [0.1, 0.15) is 5.56 Å². The Kier molecular flexibility index (Phi) is 2.74. The zero-order valence-corrected chi connectivity index (χ0v) is 9.05. The van der Waals surface area contributed by atoms with Gasteiger partial charge in [0.2, 0.25) is 0 Å². The third-order valence-corrected chi connectivity index (χ3v) is 2.62. The second kappa shape index (κ2) is 4.03. The van der Waals surface area contributed by atoms with Crippen LogP contribution in [0.4, 0.5) is 4.39 Å². The van der Waals surface area contributed by atoms with Gasteiger partial charge in [0.05, 0.1) is 5.02 Å². The quantitative estimate of drug-likeness (QED) is 0.666. The number of aryl methyl sites for hydroxylation is 1. The first-order valence-corrected chi connectivity index (χ1v) is 5.07. The molecule has 0 unspecified atom stereocenters. The van der Waals surface area contributed by atoms with E-state index < -0.39 is 0 Å². The van der Waals surface area contributed by atoms with E-state index in [0.717, 1.165) is 11.1 Å². The van der Waals surface area contributed by atoms with Crippen LogP contribution in [-0.4, -0.2) is 0 Å². The molecule has 2 aromatic rings. The van der Waals surface area contributed by atoms with E-state index >= 15 is 0 Å². The van der Waals surface area contributed by atoms with Crippen LogP contribution in [0.3, 0.4) is 0 Å². The number of rotatable bonds is 1. The van der Waals surface area contributed by atoms with E-state index in [0.29, 0.717) is 10.6 Å². The minimum atomic E-state index is -0.286. The number of halogens is 2. The summed E-state index contributed by atoms with van der Waals surface area (Å²) in [6.45, 7) is 1.99. The Bertz CT molecular complexity index is 454. The molecule has 0 saturated heterocycles. The van der Waals surface area contributed by atoms with E-state index in [1.165, 1.54) is 6.07 Å². The van der Waals surface area contributed by atoms with Crippen molar-refractivity contribution in [3.05, 3.63) is 58.9 Å². The van der Waals surface area contributed by atoms with Crippen LogP contribution in [0.25, 0.3) is 11.1 Å². The Labute approximate surface area is 93.3 Å². The molecule has 0 bridgehead atoms. The van der Waals surface area contributed by atoms with Crippen molar-refractivity contribution in [2.75, 3.05) is 0 Å². The Morgan fingerprint density at radius 3 is 2.27 bits per heavy atom. The van der Waals surface area contributed by atoms with Crippen molar-refractivity contribution in [1.82, 2.24) is 0 Å². The summed E-state index contributed by atoms with van der Waals surface area (Å²) in [5.74, 6) is -0.286. The second-order valence-corrected chi connectivity index (χ2v) is 3.87. The van der Waals surface area contributed by atoms with Crippen molar-refractivity contribution in [1.29, 1.82) is 0 Å². The Morgan fingerprint density at radius 1 is 1.00 bits per heavy atom. The molecule has 0 aliphatic heterocycles. The summed E-state index contributed by atoms with van der Waals surface area (Å²) in [5, 5.41) is 0.443. The lowest BCUT2D eigenvalue weighted by Gasteiger charge is -2.06. The summed E-state index contributed by atoms with van der Waals surface area (Å²) in [4.78, 5) is 0. The van der Waals surface area contributed by atoms with Crippen LogP contribution >= 0.6 is 11.6 Å². The molecule has 2 heteroatoms. The van der Waals surface area contributed by atoms with Gasteiger partial charge in [0.25, 0.3) is 0 Å². The molecule has 0 saturated carbocycles. The monoisotopic (exact) mass is 220 g/mol. The van der Waals surface area contributed by atoms with Gasteiger partial charge in [0, 0.05) is 5.56 Å². The van der Waals surface area contributed by atoms with Gasteiger partial charge in [0.15, 0.2) is 0 Å². The molecule has 0 heterocycles. The minimum absolute atomic E-state index is 0.286. The van der Waals surface area contributed by atoms with Crippen molar-refractivity contribution in [3.8, 4) is 11.1 Å². The first-order chi connectivity index (χ1) is 7.18. The predicted octanol–water partition coefficient (Wildman–Crippen LogP) is 4.45. The largest absolute Gasteiger partial charge is 0.206 e. The summed E-state index contributed by atoms with van der Waals surface area (Å²) in [6.07, 6.45) is 0. The fraction of sp³-hybridized carbons (Fsp3) is 0.0769. The third kappa shape index (κ3) is 2.02. The molecule has 0 aromatic heterocycles. The highest BCUT2D eigenvalue weighted by Gasteiger charge is 2.08. The lowest BCUT2D eigenvalue weighted by Crippen LogP contribution is -1.85. The van der Waals surface area contributed by atoms with Gasteiger partial charge < -0.3 is 0 Å². The van der Waals surface area contributed by atoms with Gasteiger partial charge in [-0.1, -0.05) is 47.5 Å². The highest BCUT2D eigenvalue weighted by Crippen LogP contribution is 2.30. The van der Waals surface area contributed by atoms with Crippen molar-refractivity contribution >= 4 is 11.6 Å². The summed E-state index contributed by atoms with van der Waals surface area (Å²) >= 11 is 5.96. The topological polar surface area (TPSA) is 0 Å². The van der Waals surface area contributed by atoms with Gasteiger partial charge in [-0.05, 0) is 24.6 Å². The highest BCUT2D eigenvalue weighted by atomic mass is 35.5. The molecule has 0 N–H and O–H groups in total. The van der Waals surface area contributed by atoms with Crippen molar-refractivity contribution in [2.24, 2.45) is 0 Å². The van der Waals surface area contributed by atoms with E-state index in [4.69, 9.17) is 11.6 Å². The van der Waals surface area contributed by atoms with Crippen LogP contribution in [0.5, 0.6) is 0 Å². The lowest BCUT2D eigenvalue weighted by atomic mass is 10.0. The summed E-state index contributed by atoms with van der Waals surface area (Å²) < 4.78 is 13.6. The molecule has 76 valence electrons. The number of benzene rings is 2. The highest BCUT2D eigenvalue weighted by molar-refractivity contribution is 6.33. The molecule has 0 fully saturated rings. The molecular formula is C13H10ClF. The van der Waals surface area contributed by atoms with Crippen LogP contribution < -0.4 is 0 Å². The molecule has 0 nitrogen and oxygen atoms in total. The van der Waals surface area contributed by atoms with Crippen molar-refractivity contribution in [2.45, 2.75) is 6.92 Å². The molecule has 2 aromatic carbocycles. The van der Waals surface area contributed by atoms with Crippen molar-refractivity contribution < 1.29 is 4.39 Å². The summed E-state index contributed by atoms with van der Waals surface area (Å²) in [7, 11) is 0. The standard InChI is InChI=1S/C13H10ClF/c1-9-5-7-10(8-6-9)13-11(14)3-2-4-12(13)15/h2-8H,1H3. The normalized spacial score (nSPS) is 10.3. The molecule has 0 aliphatic rings. The van der Waals surface area contributed by atoms with E-state index in [1.807, 2.05) is 31.2 Å². The van der Waals surface area contributed by atoms with Crippen LogP contribution in [0, 0.1) is 12.7 Å². The van der Waals surface area contributed by atoms with Gasteiger partial charge in [0.1, 0.15) is 5.82 Å². The Morgan fingerprint density at radius 2 is 1.67 bits per heavy atom. The van der Waals surface area contributed by atoms with Gasteiger partial charge in [-0.15, -0.1) is 0 Å². The third-order valence-electron chi connectivity index (χ3n) is 2.30. The molecule has 0 aliphatic carbocycles. The molecule has 15 heavy (non-hydrogen) atoms.